The molecule has 0 amide bonds. The van der Waals surface area contributed by atoms with E-state index in [4.69, 9.17) is 10.3 Å². The fourth-order valence-corrected chi connectivity index (χ4v) is 4.62. The molecule has 0 spiro atoms. The van der Waals surface area contributed by atoms with Gasteiger partial charge in [0, 0.05) is 16.4 Å². The molecule has 0 aliphatic carbocycles. The van der Waals surface area contributed by atoms with Gasteiger partial charge in [-0.2, -0.15) is 0 Å². The maximum atomic E-state index is 12.7. The molecule has 3 N–H and O–H groups in total. The summed E-state index contributed by atoms with van der Waals surface area (Å²) in [5.41, 5.74) is 0.348. The molecule has 1 atom stereocenters. The van der Waals surface area contributed by atoms with Gasteiger partial charge in [0.05, 0.1) is 16.9 Å². The summed E-state index contributed by atoms with van der Waals surface area (Å²) in [6.45, 7) is 8.02. The molecular formula is C18H20N6O2S2. The maximum Gasteiger partial charge on any atom is 0.260 e. The predicted molar refractivity (Wildman–Crippen MR) is 111 cm³/mol. The van der Waals surface area contributed by atoms with E-state index in [1.807, 2.05) is 39.1 Å². The molecule has 0 aliphatic heterocycles. The van der Waals surface area contributed by atoms with Gasteiger partial charge in [0.1, 0.15) is 16.4 Å². The van der Waals surface area contributed by atoms with Gasteiger partial charge in [0.2, 0.25) is 5.16 Å². The lowest BCUT2D eigenvalue weighted by atomic mass is 9.96. The van der Waals surface area contributed by atoms with Gasteiger partial charge in [0.25, 0.3) is 5.56 Å². The first-order chi connectivity index (χ1) is 13.3. The number of thiophene rings is 1. The largest absolute Gasteiger partial charge is 0.464 e. The predicted octanol–water partition coefficient (Wildman–Crippen LogP) is 3.70. The summed E-state index contributed by atoms with van der Waals surface area (Å²) in [5, 5.41) is 11.2. The molecule has 0 radical (unpaired) electrons. The second-order valence-electron chi connectivity index (χ2n) is 7.44. The van der Waals surface area contributed by atoms with Gasteiger partial charge in [-0.05, 0) is 19.1 Å². The lowest BCUT2D eigenvalue weighted by molar-refractivity contribution is 0.523. The van der Waals surface area contributed by atoms with Crippen LogP contribution in [0.1, 0.15) is 44.6 Å². The summed E-state index contributed by atoms with van der Waals surface area (Å²) in [5.74, 6) is 8.08. The normalized spacial score (nSPS) is 13.3. The Morgan fingerprint density at radius 1 is 1.36 bits per heavy atom. The minimum absolute atomic E-state index is 0.161. The van der Waals surface area contributed by atoms with Crippen molar-refractivity contribution in [1.82, 2.24) is 24.8 Å². The average Bonchev–Trinajstić information content (AvgIpc) is 3.34. The van der Waals surface area contributed by atoms with Crippen LogP contribution in [0.2, 0.25) is 0 Å². The third-order valence-electron chi connectivity index (χ3n) is 4.25. The molecule has 0 aliphatic rings. The monoisotopic (exact) mass is 416 g/mol. The van der Waals surface area contributed by atoms with E-state index in [0.717, 1.165) is 5.56 Å². The lowest BCUT2D eigenvalue weighted by Crippen LogP contribution is -2.24. The van der Waals surface area contributed by atoms with E-state index in [1.165, 1.54) is 27.8 Å². The van der Waals surface area contributed by atoms with Crippen LogP contribution in [0.15, 0.2) is 38.1 Å². The molecule has 0 saturated carbocycles. The van der Waals surface area contributed by atoms with E-state index >= 15 is 0 Å². The van der Waals surface area contributed by atoms with Crippen molar-refractivity contribution < 1.29 is 4.42 Å². The third kappa shape index (κ3) is 3.22. The van der Waals surface area contributed by atoms with E-state index in [0.29, 0.717) is 32.8 Å². The number of thioether (sulfide) groups is 1. The van der Waals surface area contributed by atoms with Crippen molar-refractivity contribution in [2.75, 3.05) is 5.84 Å². The van der Waals surface area contributed by atoms with E-state index in [-0.39, 0.29) is 16.2 Å². The molecule has 0 bridgehead atoms. The number of furan rings is 1. The highest BCUT2D eigenvalue weighted by atomic mass is 32.2. The first-order valence-electron chi connectivity index (χ1n) is 8.68. The minimum Gasteiger partial charge on any atom is -0.464 e. The summed E-state index contributed by atoms with van der Waals surface area (Å²) in [7, 11) is 0. The van der Waals surface area contributed by atoms with Crippen LogP contribution in [0.3, 0.4) is 0 Å². The SMILES string of the molecule is CC(Sc1nnc(C(C)(C)C)n1N)c1nc2scc(-c3ccco3)c2c(=O)[nH]1. The molecular weight excluding hydrogens is 396 g/mol. The molecule has 10 heteroatoms. The molecule has 4 aromatic heterocycles. The summed E-state index contributed by atoms with van der Waals surface area (Å²) >= 11 is 2.82. The summed E-state index contributed by atoms with van der Waals surface area (Å²) in [4.78, 5) is 21.0. The van der Waals surface area contributed by atoms with Crippen molar-refractivity contribution in [3.8, 4) is 11.3 Å². The Morgan fingerprint density at radius 2 is 2.14 bits per heavy atom. The number of nitrogen functional groups attached to an aromatic ring is 1. The van der Waals surface area contributed by atoms with E-state index in [9.17, 15) is 4.79 Å². The van der Waals surface area contributed by atoms with Crippen LogP contribution >= 0.6 is 23.1 Å². The quantitative estimate of drug-likeness (QED) is 0.385. The van der Waals surface area contributed by atoms with E-state index in [2.05, 4.69) is 20.2 Å². The van der Waals surface area contributed by atoms with Crippen molar-refractivity contribution in [3.05, 3.63) is 45.8 Å². The van der Waals surface area contributed by atoms with Crippen molar-refractivity contribution >= 4 is 33.3 Å². The standard InChI is InChI=1S/C18H20N6O2S2/c1-9(28-17-23-22-16(24(17)19)18(2,3)4)13-20-14(25)12-10(8-27-15(12)21-13)11-6-5-7-26-11/h5-9H,19H2,1-4H3,(H,20,21,25). The molecule has 0 aromatic carbocycles. The van der Waals surface area contributed by atoms with Crippen LogP contribution in [-0.2, 0) is 5.41 Å². The molecule has 0 fully saturated rings. The first-order valence-corrected chi connectivity index (χ1v) is 10.4. The molecule has 28 heavy (non-hydrogen) atoms. The Balaban J connectivity index is 1.67. The van der Waals surface area contributed by atoms with E-state index in [1.54, 1.807) is 12.3 Å². The van der Waals surface area contributed by atoms with Gasteiger partial charge in [-0.3, -0.25) is 4.79 Å². The highest BCUT2D eigenvalue weighted by Gasteiger charge is 2.25. The second-order valence-corrected chi connectivity index (χ2v) is 9.61. The van der Waals surface area contributed by atoms with Crippen LogP contribution < -0.4 is 11.4 Å². The third-order valence-corrected chi connectivity index (χ3v) is 6.19. The van der Waals surface area contributed by atoms with Crippen molar-refractivity contribution in [2.45, 2.75) is 43.5 Å². The van der Waals surface area contributed by atoms with Crippen LogP contribution in [0.25, 0.3) is 21.5 Å². The maximum absolute atomic E-state index is 12.7. The number of nitrogens with two attached hydrogens (primary N) is 1. The topological polar surface area (TPSA) is 116 Å². The van der Waals surface area contributed by atoms with Crippen molar-refractivity contribution in [1.29, 1.82) is 0 Å². The van der Waals surface area contributed by atoms with Crippen molar-refractivity contribution in [2.24, 2.45) is 0 Å². The minimum atomic E-state index is -0.214. The lowest BCUT2D eigenvalue weighted by Gasteiger charge is -2.17. The number of hydrogen-bond donors (Lipinski definition) is 2. The van der Waals surface area contributed by atoms with Gasteiger partial charge in [-0.15, -0.1) is 21.5 Å². The fraction of sp³-hybridized carbons (Fsp3) is 0.333. The molecule has 1 unspecified atom stereocenters. The number of aromatic nitrogens is 5. The molecule has 0 saturated heterocycles. The van der Waals surface area contributed by atoms with Crippen LogP contribution in [0, 0.1) is 0 Å². The molecule has 146 valence electrons. The Labute approximate surface area is 169 Å². The van der Waals surface area contributed by atoms with E-state index < -0.39 is 0 Å². The van der Waals surface area contributed by atoms with Gasteiger partial charge >= 0.3 is 0 Å². The number of H-pyrrole nitrogens is 1. The van der Waals surface area contributed by atoms with Gasteiger partial charge in [-0.1, -0.05) is 32.5 Å². The number of aromatic amines is 1. The Kier molecular flexibility index (Phi) is 4.54. The second kappa shape index (κ2) is 6.78. The van der Waals surface area contributed by atoms with Crippen molar-refractivity contribution in [3.63, 3.8) is 0 Å². The zero-order valence-electron chi connectivity index (χ0n) is 15.9. The number of nitrogens with one attached hydrogen (secondary N) is 1. The first kappa shape index (κ1) is 18.8. The average molecular weight is 417 g/mol. The Bertz CT molecular complexity index is 1180. The van der Waals surface area contributed by atoms with Crippen LogP contribution in [0.5, 0.6) is 0 Å². The molecule has 4 rings (SSSR count). The number of rotatable bonds is 4. The Morgan fingerprint density at radius 3 is 2.79 bits per heavy atom. The zero-order chi connectivity index (χ0) is 20.1. The van der Waals surface area contributed by atoms with Crippen LogP contribution in [-0.4, -0.2) is 24.8 Å². The number of fused-ring (bicyclic) bond motifs is 1. The highest BCUT2D eigenvalue weighted by Crippen LogP contribution is 2.35. The van der Waals surface area contributed by atoms with Crippen LogP contribution in [0.4, 0.5) is 0 Å². The number of hydrogen-bond acceptors (Lipinski definition) is 8. The summed E-state index contributed by atoms with van der Waals surface area (Å²) in [6, 6.07) is 3.62. The number of nitrogens with zero attached hydrogens (tertiary/aromatic N) is 4. The van der Waals surface area contributed by atoms with Gasteiger partial charge < -0.3 is 15.2 Å². The highest BCUT2D eigenvalue weighted by molar-refractivity contribution is 7.99. The smallest absolute Gasteiger partial charge is 0.260 e. The van der Waals surface area contributed by atoms with Gasteiger partial charge in [-0.25, -0.2) is 9.66 Å². The fourth-order valence-electron chi connectivity index (χ4n) is 2.85. The Hall–Kier alpha value is -2.59. The zero-order valence-corrected chi connectivity index (χ0v) is 17.5. The van der Waals surface area contributed by atoms with Gasteiger partial charge in [0.15, 0.2) is 5.82 Å². The molecule has 4 heterocycles. The molecule has 8 nitrogen and oxygen atoms in total. The summed E-state index contributed by atoms with van der Waals surface area (Å²) in [6.07, 6.45) is 1.59. The molecule has 4 aromatic rings. The summed E-state index contributed by atoms with van der Waals surface area (Å²) < 4.78 is 6.93.